The molecule has 2 aromatic rings. The smallest absolute Gasteiger partial charge is 0.341 e. The number of hydrogen-bond acceptors (Lipinski definition) is 7. The fourth-order valence-corrected chi connectivity index (χ4v) is 4.03. The van der Waals surface area contributed by atoms with Gasteiger partial charge in [-0.05, 0) is 34.6 Å². The van der Waals surface area contributed by atoms with Gasteiger partial charge in [-0.15, -0.1) is 0 Å². The van der Waals surface area contributed by atoms with Crippen LogP contribution >= 0.6 is 0 Å². The van der Waals surface area contributed by atoms with Gasteiger partial charge in [-0.1, -0.05) is 0 Å². The molecular formula is C18H16N3O7Si. The minimum absolute atomic E-state index is 0.0641. The van der Waals surface area contributed by atoms with Crippen molar-refractivity contribution < 1.29 is 23.9 Å². The van der Waals surface area contributed by atoms with Crippen molar-refractivity contribution in [2.75, 3.05) is 0 Å². The van der Waals surface area contributed by atoms with Gasteiger partial charge in [-0.25, -0.2) is 0 Å². The number of nitro groups is 2. The van der Waals surface area contributed by atoms with Crippen LogP contribution in [0.2, 0.25) is 0 Å². The number of aryl methyl sites for hydroxylation is 2. The molecule has 1 aliphatic heterocycles. The fourth-order valence-electron chi connectivity index (χ4n) is 3.83. The van der Waals surface area contributed by atoms with Crippen LogP contribution in [0, 0.1) is 34.1 Å². The maximum Gasteiger partial charge on any atom is 0.341 e. The van der Waals surface area contributed by atoms with Gasteiger partial charge in [0.25, 0.3) is 17.5 Å². The maximum atomic E-state index is 13.3. The second-order valence-corrected chi connectivity index (χ2v) is 7.93. The van der Waals surface area contributed by atoms with Crippen molar-refractivity contribution in [3.8, 4) is 5.75 Å². The minimum Gasteiger partial charge on any atom is -0.535 e. The molecule has 2 amide bonds. The normalized spacial score (nSPS) is 13.8. The summed E-state index contributed by atoms with van der Waals surface area (Å²) in [5, 5.41) is 23.6. The molecule has 0 N–H and O–H groups in total. The summed E-state index contributed by atoms with van der Waals surface area (Å²) < 4.78 is 5.06. The number of hydrogen-bond donors (Lipinski definition) is 0. The van der Waals surface area contributed by atoms with Crippen LogP contribution in [0.25, 0.3) is 10.8 Å². The molecule has 0 aliphatic carbocycles. The maximum absolute atomic E-state index is 13.3. The van der Waals surface area contributed by atoms with Crippen LogP contribution in [0.5, 0.6) is 5.75 Å². The minimum atomic E-state index is -0.986. The highest BCUT2D eigenvalue weighted by molar-refractivity contribution is 6.29. The molecule has 1 aliphatic rings. The van der Waals surface area contributed by atoms with E-state index in [1.54, 1.807) is 20.8 Å². The molecule has 3 rings (SSSR count). The molecule has 0 saturated carbocycles. The Labute approximate surface area is 168 Å². The van der Waals surface area contributed by atoms with E-state index in [9.17, 15) is 29.8 Å². The first-order chi connectivity index (χ1) is 13.3. The molecule has 0 fully saturated rings. The van der Waals surface area contributed by atoms with Gasteiger partial charge < -0.3 is 4.43 Å². The van der Waals surface area contributed by atoms with E-state index >= 15 is 0 Å². The van der Waals surface area contributed by atoms with Crippen LogP contribution in [-0.4, -0.2) is 42.6 Å². The van der Waals surface area contributed by atoms with E-state index in [0.29, 0.717) is 0 Å². The van der Waals surface area contributed by atoms with Crippen molar-refractivity contribution in [3.63, 3.8) is 0 Å². The molecule has 0 atom stereocenters. The van der Waals surface area contributed by atoms with Crippen LogP contribution in [-0.2, 0) is 0 Å². The van der Waals surface area contributed by atoms with E-state index in [2.05, 4.69) is 10.5 Å². The molecule has 2 aromatic carbocycles. The lowest BCUT2D eigenvalue weighted by molar-refractivity contribution is -0.386. The monoisotopic (exact) mass is 414 g/mol. The van der Waals surface area contributed by atoms with Gasteiger partial charge in [-0.2, -0.15) is 0 Å². The molecule has 1 heterocycles. The van der Waals surface area contributed by atoms with Crippen molar-refractivity contribution in [3.05, 3.63) is 48.5 Å². The van der Waals surface area contributed by atoms with Crippen LogP contribution in [0.4, 0.5) is 11.4 Å². The molecule has 0 aromatic heterocycles. The first-order valence-corrected chi connectivity index (χ1v) is 8.90. The summed E-state index contributed by atoms with van der Waals surface area (Å²) in [4.78, 5) is 49.4. The Morgan fingerprint density at radius 2 is 1.59 bits per heavy atom. The second-order valence-electron chi connectivity index (χ2n) is 7.73. The zero-order valence-electron chi connectivity index (χ0n) is 16.3. The topological polar surface area (TPSA) is 133 Å². The fraction of sp³-hybridized carbons (Fsp3) is 0.333. The van der Waals surface area contributed by atoms with Crippen LogP contribution in [0.1, 0.15) is 52.6 Å². The summed E-state index contributed by atoms with van der Waals surface area (Å²) in [6.07, 6.45) is 0. The lowest BCUT2D eigenvalue weighted by atomic mass is 9.85. The van der Waals surface area contributed by atoms with E-state index in [1.807, 2.05) is 0 Å². The van der Waals surface area contributed by atoms with E-state index < -0.39 is 32.9 Å². The third-order valence-electron chi connectivity index (χ3n) is 4.98. The van der Waals surface area contributed by atoms with E-state index in [-0.39, 0.29) is 44.5 Å². The molecule has 149 valence electrons. The SMILES string of the molecule is Cc1c([N+](=O)[O-])cc2c3c(c(O[Si])c([N+](=O)[O-])c(C)c13)C(=O)N(C(C)(C)C)C2=O. The molecule has 10 nitrogen and oxygen atoms in total. The highest BCUT2D eigenvalue weighted by Gasteiger charge is 2.45. The van der Waals surface area contributed by atoms with Crippen molar-refractivity contribution >= 4 is 44.4 Å². The number of carbonyl (C=O) groups is 2. The van der Waals surface area contributed by atoms with Crippen molar-refractivity contribution in [1.82, 2.24) is 4.90 Å². The van der Waals surface area contributed by atoms with Crippen molar-refractivity contribution in [2.45, 2.75) is 40.2 Å². The highest BCUT2D eigenvalue weighted by Crippen LogP contribution is 2.48. The summed E-state index contributed by atoms with van der Waals surface area (Å²) in [7, 11) is 2.79. The average molecular weight is 414 g/mol. The molecule has 0 bridgehead atoms. The largest absolute Gasteiger partial charge is 0.535 e. The van der Waals surface area contributed by atoms with E-state index in [1.165, 1.54) is 13.8 Å². The number of amides is 2. The number of nitrogens with zero attached hydrogens (tertiary/aromatic N) is 3. The second kappa shape index (κ2) is 6.34. The lowest BCUT2D eigenvalue weighted by Gasteiger charge is -2.37. The van der Waals surface area contributed by atoms with Crippen LogP contribution < -0.4 is 4.43 Å². The third kappa shape index (κ3) is 2.69. The summed E-state index contributed by atoms with van der Waals surface area (Å²) in [6.45, 7) is 7.67. The van der Waals surface area contributed by atoms with Crippen LogP contribution in [0.3, 0.4) is 0 Å². The number of imide groups is 1. The molecular weight excluding hydrogens is 398 g/mol. The number of nitro benzene ring substituents is 2. The summed E-state index contributed by atoms with van der Waals surface area (Å²) in [5.41, 5.74) is -1.93. The Balaban J connectivity index is 2.69. The number of benzene rings is 2. The predicted octanol–water partition coefficient (Wildman–Crippen LogP) is 3.13. The lowest BCUT2D eigenvalue weighted by Crippen LogP contribution is -2.51. The first-order valence-electron chi connectivity index (χ1n) is 8.49. The van der Waals surface area contributed by atoms with Crippen LogP contribution in [0.15, 0.2) is 6.07 Å². The Bertz CT molecular complexity index is 1150. The Hall–Kier alpha value is -3.34. The number of carbonyl (C=O) groups excluding carboxylic acids is 2. The summed E-state index contributed by atoms with van der Waals surface area (Å²) in [5.74, 6) is -1.83. The van der Waals surface area contributed by atoms with E-state index in [0.717, 1.165) is 11.0 Å². The van der Waals surface area contributed by atoms with Gasteiger partial charge in [0.2, 0.25) is 0 Å². The highest BCUT2D eigenvalue weighted by atomic mass is 28.2. The molecule has 0 spiro atoms. The molecule has 29 heavy (non-hydrogen) atoms. The standard InChI is InChI=1S/C18H16N3O7Si/c1-7-10(20(24)25)6-9-12-11(7)8(2)14(21(26)27)15(28-29)13(12)17(23)19(16(9)22)18(3,4)5/h6H,1-5H3. The molecule has 3 radical (unpaired) electrons. The summed E-state index contributed by atoms with van der Waals surface area (Å²) >= 11 is 0. The average Bonchev–Trinajstić information content (AvgIpc) is 2.58. The van der Waals surface area contributed by atoms with Gasteiger partial charge >= 0.3 is 16.2 Å². The molecule has 0 unspecified atom stereocenters. The van der Waals surface area contributed by atoms with Crippen molar-refractivity contribution in [2.24, 2.45) is 0 Å². The Kier molecular flexibility index (Phi) is 4.46. The predicted molar refractivity (Wildman–Crippen MR) is 103 cm³/mol. The van der Waals surface area contributed by atoms with Gasteiger partial charge in [-0.3, -0.25) is 34.7 Å². The van der Waals surface area contributed by atoms with E-state index in [4.69, 9.17) is 4.43 Å². The van der Waals surface area contributed by atoms with Gasteiger partial charge in [0.1, 0.15) is 0 Å². The number of rotatable bonds is 3. The third-order valence-corrected chi connectivity index (χ3v) is 5.19. The zero-order chi connectivity index (χ0) is 22.0. The quantitative estimate of drug-likeness (QED) is 0.326. The van der Waals surface area contributed by atoms with Gasteiger partial charge in [0, 0.05) is 33.5 Å². The van der Waals surface area contributed by atoms with Gasteiger partial charge in [0.15, 0.2) is 5.75 Å². The first kappa shape index (κ1) is 20.4. The van der Waals surface area contributed by atoms with Gasteiger partial charge in [0.05, 0.1) is 21.0 Å². The molecule has 0 saturated heterocycles. The zero-order valence-corrected chi connectivity index (χ0v) is 17.3. The Morgan fingerprint density at radius 3 is 2.03 bits per heavy atom. The Morgan fingerprint density at radius 1 is 1.00 bits per heavy atom. The molecule has 11 heteroatoms. The summed E-state index contributed by atoms with van der Waals surface area (Å²) in [6, 6.07) is 1.11. The van der Waals surface area contributed by atoms with Crippen molar-refractivity contribution in [1.29, 1.82) is 0 Å².